The molecule has 6 heteroatoms. The van der Waals surface area contributed by atoms with E-state index in [9.17, 15) is 23.1 Å². The van der Waals surface area contributed by atoms with Crippen LogP contribution in [0.1, 0.15) is 22.8 Å². The first-order valence-corrected chi connectivity index (χ1v) is 4.84. The molecule has 0 saturated carbocycles. The maximum absolute atomic E-state index is 12.4. The number of amides is 1. The lowest BCUT2D eigenvalue weighted by Crippen LogP contribution is -2.43. The van der Waals surface area contributed by atoms with Crippen molar-refractivity contribution in [3.8, 4) is 12.3 Å². The van der Waals surface area contributed by atoms with Gasteiger partial charge < -0.3 is 5.32 Å². The lowest BCUT2D eigenvalue weighted by atomic mass is 10.1. The maximum atomic E-state index is 12.4. The summed E-state index contributed by atoms with van der Waals surface area (Å²) in [7, 11) is 0. The Balaban J connectivity index is 2.99. The SMILES string of the molecule is C#CC(C)([O])NC(=O)c1cccc(C(F)(F)F)c1. The van der Waals surface area contributed by atoms with E-state index in [0.717, 1.165) is 25.1 Å². The Morgan fingerprint density at radius 3 is 2.50 bits per heavy atom. The van der Waals surface area contributed by atoms with Crippen molar-refractivity contribution >= 4 is 5.91 Å². The maximum Gasteiger partial charge on any atom is 0.416 e. The Bertz CT molecular complexity index is 501. The van der Waals surface area contributed by atoms with Crippen LogP contribution in [0.5, 0.6) is 0 Å². The van der Waals surface area contributed by atoms with E-state index in [2.05, 4.69) is 0 Å². The molecular weight excluding hydrogens is 247 g/mol. The Kier molecular flexibility index (Phi) is 3.67. The molecule has 3 nitrogen and oxygen atoms in total. The van der Waals surface area contributed by atoms with E-state index in [0.29, 0.717) is 6.07 Å². The first kappa shape index (κ1) is 14.1. The second kappa shape index (κ2) is 4.70. The van der Waals surface area contributed by atoms with Crippen LogP contribution in [0, 0.1) is 12.3 Å². The van der Waals surface area contributed by atoms with Crippen LogP contribution in [-0.2, 0) is 11.3 Å². The van der Waals surface area contributed by atoms with Gasteiger partial charge in [0, 0.05) is 5.56 Å². The molecule has 1 N–H and O–H groups in total. The zero-order valence-electron chi connectivity index (χ0n) is 9.34. The second-order valence-corrected chi connectivity index (χ2v) is 3.71. The third kappa shape index (κ3) is 3.50. The molecule has 0 aliphatic heterocycles. The van der Waals surface area contributed by atoms with E-state index in [1.807, 2.05) is 5.32 Å². The van der Waals surface area contributed by atoms with Gasteiger partial charge in [0.15, 0.2) is 0 Å². The van der Waals surface area contributed by atoms with Crippen molar-refractivity contribution in [1.82, 2.24) is 5.32 Å². The summed E-state index contributed by atoms with van der Waals surface area (Å²) in [6.07, 6.45) is 0.322. The number of benzene rings is 1. The van der Waals surface area contributed by atoms with Crippen LogP contribution < -0.4 is 5.32 Å². The van der Waals surface area contributed by atoms with Crippen molar-refractivity contribution < 1.29 is 23.1 Å². The highest BCUT2D eigenvalue weighted by molar-refractivity contribution is 5.95. The number of hydrogen-bond acceptors (Lipinski definition) is 1. The average Bonchev–Trinajstić information content (AvgIpc) is 2.27. The van der Waals surface area contributed by atoms with E-state index in [1.54, 1.807) is 5.92 Å². The van der Waals surface area contributed by atoms with E-state index >= 15 is 0 Å². The van der Waals surface area contributed by atoms with Crippen LogP contribution in [0.3, 0.4) is 0 Å². The first-order chi connectivity index (χ1) is 8.15. The lowest BCUT2D eigenvalue weighted by molar-refractivity contribution is -0.137. The molecule has 1 amide bonds. The predicted octanol–water partition coefficient (Wildman–Crippen LogP) is 2.22. The molecule has 0 aliphatic carbocycles. The minimum atomic E-state index is -4.55. The minimum Gasteiger partial charge on any atom is -0.312 e. The standard InChI is InChI=1S/C12H9F3NO2/c1-3-11(2,18)16-10(17)8-5-4-6-9(7-8)12(13,14)15/h1,4-7H,2H3,(H,16,17). The highest BCUT2D eigenvalue weighted by atomic mass is 19.4. The summed E-state index contributed by atoms with van der Waals surface area (Å²) >= 11 is 0. The Morgan fingerprint density at radius 2 is 2.00 bits per heavy atom. The van der Waals surface area contributed by atoms with E-state index in [-0.39, 0.29) is 5.56 Å². The van der Waals surface area contributed by atoms with Crippen LogP contribution in [0.15, 0.2) is 24.3 Å². The van der Waals surface area contributed by atoms with Gasteiger partial charge in [-0.05, 0) is 31.0 Å². The first-order valence-electron chi connectivity index (χ1n) is 4.84. The number of halogens is 3. The van der Waals surface area contributed by atoms with Crippen LogP contribution in [0.25, 0.3) is 0 Å². The van der Waals surface area contributed by atoms with Gasteiger partial charge in [0.05, 0.1) is 5.56 Å². The van der Waals surface area contributed by atoms with E-state index < -0.39 is 23.4 Å². The van der Waals surface area contributed by atoms with Crippen LogP contribution in [0.2, 0.25) is 0 Å². The van der Waals surface area contributed by atoms with Crippen molar-refractivity contribution in [2.45, 2.75) is 18.8 Å². The number of carbonyl (C=O) groups is 1. The number of alkyl halides is 3. The van der Waals surface area contributed by atoms with E-state index in [4.69, 9.17) is 6.42 Å². The highest BCUT2D eigenvalue weighted by Crippen LogP contribution is 2.29. The smallest absolute Gasteiger partial charge is 0.312 e. The molecule has 0 aliphatic rings. The summed E-state index contributed by atoms with van der Waals surface area (Å²) in [6, 6.07) is 3.73. The van der Waals surface area contributed by atoms with Crippen molar-refractivity contribution in [2.24, 2.45) is 0 Å². The number of rotatable bonds is 2. The second-order valence-electron chi connectivity index (χ2n) is 3.71. The molecule has 18 heavy (non-hydrogen) atoms. The zero-order chi connectivity index (χ0) is 14.0. The summed E-state index contributed by atoms with van der Waals surface area (Å²) in [4.78, 5) is 11.5. The topological polar surface area (TPSA) is 49.0 Å². The summed E-state index contributed by atoms with van der Waals surface area (Å²) in [5.41, 5.74) is -3.41. The fraction of sp³-hybridized carbons (Fsp3) is 0.250. The van der Waals surface area contributed by atoms with Gasteiger partial charge in [-0.3, -0.25) is 4.79 Å². The van der Waals surface area contributed by atoms with Crippen molar-refractivity contribution in [3.63, 3.8) is 0 Å². The number of carbonyl (C=O) groups excluding carboxylic acids is 1. The Labute approximate surface area is 102 Å². The Morgan fingerprint density at radius 1 is 1.39 bits per heavy atom. The molecule has 1 radical (unpaired) electrons. The van der Waals surface area contributed by atoms with Gasteiger partial charge in [-0.1, -0.05) is 6.07 Å². The number of terminal acetylenes is 1. The minimum absolute atomic E-state index is 0.276. The van der Waals surface area contributed by atoms with Gasteiger partial charge in [-0.25, -0.2) is 0 Å². The number of hydrogen-bond donors (Lipinski definition) is 1. The molecular formula is C12H9F3NO2. The molecule has 1 rings (SSSR count). The molecule has 1 atom stereocenters. The average molecular weight is 256 g/mol. The molecule has 95 valence electrons. The van der Waals surface area contributed by atoms with Gasteiger partial charge in [-0.2, -0.15) is 18.3 Å². The predicted molar refractivity (Wildman–Crippen MR) is 56.8 cm³/mol. The normalized spacial score (nSPS) is 14.4. The van der Waals surface area contributed by atoms with Crippen molar-refractivity contribution in [2.75, 3.05) is 0 Å². The van der Waals surface area contributed by atoms with Gasteiger partial charge in [-0.15, -0.1) is 6.42 Å². The van der Waals surface area contributed by atoms with Crippen LogP contribution >= 0.6 is 0 Å². The summed E-state index contributed by atoms with van der Waals surface area (Å²) in [5.74, 6) is 0.829. The Hall–Kier alpha value is -2.00. The third-order valence-corrected chi connectivity index (χ3v) is 2.08. The van der Waals surface area contributed by atoms with Gasteiger partial charge in [0.25, 0.3) is 5.91 Å². The molecule has 1 aromatic rings. The van der Waals surface area contributed by atoms with Crippen molar-refractivity contribution in [3.05, 3.63) is 35.4 Å². The third-order valence-electron chi connectivity index (χ3n) is 2.08. The van der Waals surface area contributed by atoms with Gasteiger partial charge in [0.1, 0.15) is 0 Å². The quantitative estimate of drug-likeness (QED) is 0.640. The van der Waals surface area contributed by atoms with E-state index in [1.165, 1.54) is 0 Å². The molecule has 0 aromatic heterocycles. The fourth-order valence-corrected chi connectivity index (χ4v) is 1.16. The van der Waals surface area contributed by atoms with Crippen LogP contribution in [-0.4, -0.2) is 11.6 Å². The summed E-state index contributed by atoms with van der Waals surface area (Å²) < 4.78 is 37.2. The van der Waals surface area contributed by atoms with Gasteiger partial charge >= 0.3 is 6.18 Å². The highest BCUT2D eigenvalue weighted by Gasteiger charge is 2.31. The molecule has 0 bridgehead atoms. The fourth-order valence-electron chi connectivity index (χ4n) is 1.16. The van der Waals surface area contributed by atoms with Crippen LogP contribution in [0.4, 0.5) is 13.2 Å². The van der Waals surface area contributed by atoms with Gasteiger partial charge in [0.2, 0.25) is 5.72 Å². The lowest BCUT2D eigenvalue weighted by Gasteiger charge is -2.16. The summed E-state index contributed by atoms with van der Waals surface area (Å²) in [5, 5.41) is 13.2. The monoisotopic (exact) mass is 256 g/mol. The molecule has 1 unspecified atom stereocenters. The summed E-state index contributed by atoms with van der Waals surface area (Å²) in [6.45, 7) is 1.03. The molecule has 1 aromatic carbocycles. The van der Waals surface area contributed by atoms with Crippen molar-refractivity contribution in [1.29, 1.82) is 0 Å². The molecule has 0 spiro atoms. The molecule has 0 saturated heterocycles. The molecule has 0 fully saturated rings. The molecule has 0 heterocycles. The largest absolute Gasteiger partial charge is 0.416 e. The number of nitrogens with one attached hydrogen (secondary N) is 1. The zero-order valence-corrected chi connectivity index (χ0v) is 9.34.